The maximum absolute atomic E-state index is 13.0. The van der Waals surface area contributed by atoms with E-state index in [1.165, 1.54) is 6.20 Å². The molecule has 0 fully saturated rings. The molecule has 0 radical (unpaired) electrons. The molecule has 1 aliphatic heterocycles. The zero-order valence-corrected chi connectivity index (χ0v) is 20.2. The van der Waals surface area contributed by atoms with Crippen molar-refractivity contribution in [3.63, 3.8) is 0 Å². The number of nitrogens with zero attached hydrogens (tertiary/aromatic N) is 2. The Kier molecular flexibility index (Phi) is 9.91. The predicted octanol–water partition coefficient (Wildman–Crippen LogP) is 1.69. The van der Waals surface area contributed by atoms with Crippen LogP contribution in [0.3, 0.4) is 0 Å². The van der Waals surface area contributed by atoms with Gasteiger partial charge < -0.3 is 35.8 Å². The molecule has 2 bridgehead atoms. The summed E-state index contributed by atoms with van der Waals surface area (Å²) in [6.07, 6.45) is 3.85. The van der Waals surface area contributed by atoms with Gasteiger partial charge in [-0.15, -0.1) is 0 Å². The van der Waals surface area contributed by atoms with E-state index < -0.39 is 6.10 Å². The minimum absolute atomic E-state index is 0.257. The minimum Gasteiger partial charge on any atom is -0.497 e. The molecule has 2 aromatic rings. The van der Waals surface area contributed by atoms with Crippen LogP contribution in [-0.4, -0.2) is 66.8 Å². The van der Waals surface area contributed by atoms with Crippen molar-refractivity contribution in [2.45, 2.75) is 44.8 Å². The van der Waals surface area contributed by atoms with E-state index in [-0.39, 0.29) is 18.4 Å². The van der Waals surface area contributed by atoms with Gasteiger partial charge in [-0.05, 0) is 49.8 Å². The number of rotatable bonds is 5. The summed E-state index contributed by atoms with van der Waals surface area (Å²) in [4.78, 5) is 33.8. The van der Waals surface area contributed by atoms with Crippen molar-refractivity contribution in [3.8, 4) is 11.5 Å². The second-order valence-corrected chi connectivity index (χ2v) is 8.22. The second kappa shape index (κ2) is 13.3. The lowest BCUT2D eigenvalue weighted by molar-refractivity contribution is -0.129. The fourth-order valence-electron chi connectivity index (χ4n) is 3.60. The van der Waals surface area contributed by atoms with E-state index in [1.54, 1.807) is 20.3 Å². The number of ether oxygens (including phenoxy) is 2. The normalized spacial score (nSPS) is 17.3. The summed E-state index contributed by atoms with van der Waals surface area (Å²) in [5.41, 5.74) is 1.11. The topological polar surface area (TPSA) is 147 Å². The predicted molar refractivity (Wildman–Crippen MR) is 132 cm³/mol. The lowest BCUT2D eigenvalue weighted by Crippen LogP contribution is -2.35. The van der Waals surface area contributed by atoms with Gasteiger partial charge in [0.2, 0.25) is 11.9 Å². The van der Waals surface area contributed by atoms with Gasteiger partial charge in [0.25, 0.3) is 5.91 Å². The first kappa shape index (κ1) is 26.0. The lowest BCUT2D eigenvalue weighted by Gasteiger charge is -2.15. The first-order valence-corrected chi connectivity index (χ1v) is 11.8. The highest BCUT2D eigenvalue weighted by molar-refractivity contribution is 5.98. The number of fused-ring (bicyclic) bond motifs is 2. The Morgan fingerprint density at radius 2 is 1.71 bits per heavy atom. The lowest BCUT2D eigenvalue weighted by atomic mass is 10.1. The van der Waals surface area contributed by atoms with Crippen molar-refractivity contribution in [3.05, 3.63) is 35.5 Å². The van der Waals surface area contributed by atoms with Crippen molar-refractivity contribution >= 4 is 23.6 Å². The van der Waals surface area contributed by atoms with E-state index in [4.69, 9.17) is 9.47 Å². The Bertz CT molecular complexity index is 980. The van der Waals surface area contributed by atoms with Gasteiger partial charge in [0.1, 0.15) is 29.0 Å². The molecule has 2 amide bonds. The van der Waals surface area contributed by atoms with Crippen molar-refractivity contribution in [2.75, 3.05) is 44.5 Å². The van der Waals surface area contributed by atoms with Crippen molar-refractivity contribution in [1.82, 2.24) is 20.6 Å². The Morgan fingerprint density at radius 3 is 2.43 bits per heavy atom. The third kappa shape index (κ3) is 7.99. The van der Waals surface area contributed by atoms with Crippen molar-refractivity contribution < 1.29 is 24.2 Å². The number of aliphatic hydroxyl groups excluding tert-OH is 1. The number of benzene rings is 1. The quantitative estimate of drug-likeness (QED) is 0.426. The molecule has 11 nitrogen and oxygen atoms in total. The zero-order chi connectivity index (χ0) is 25.0. The molecule has 2 heterocycles. The number of anilines is 2. The number of carbonyl (C=O) groups excluding carboxylic acids is 2. The van der Waals surface area contributed by atoms with Gasteiger partial charge in [0.15, 0.2) is 0 Å². The molecule has 11 heteroatoms. The number of methoxy groups -OCH3 is 2. The molecule has 1 unspecified atom stereocenters. The maximum atomic E-state index is 13.0. The third-order valence-corrected chi connectivity index (χ3v) is 5.58. The van der Waals surface area contributed by atoms with Crippen LogP contribution in [0.5, 0.6) is 11.5 Å². The average Bonchev–Trinajstić information content (AvgIpc) is 2.88. The maximum Gasteiger partial charge on any atom is 0.256 e. The van der Waals surface area contributed by atoms with Crippen LogP contribution < -0.4 is 30.7 Å². The average molecular weight is 487 g/mol. The van der Waals surface area contributed by atoms with Crippen LogP contribution in [0.15, 0.2) is 24.4 Å². The highest BCUT2D eigenvalue weighted by Gasteiger charge is 2.17. The zero-order valence-electron chi connectivity index (χ0n) is 20.2. The second-order valence-electron chi connectivity index (χ2n) is 8.22. The van der Waals surface area contributed by atoms with E-state index in [2.05, 4.69) is 31.2 Å². The van der Waals surface area contributed by atoms with Crippen molar-refractivity contribution in [2.24, 2.45) is 0 Å². The number of amides is 2. The monoisotopic (exact) mass is 486 g/mol. The largest absolute Gasteiger partial charge is 0.497 e. The highest BCUT2D eigenvalue weighted by Crippen LogP contribution is 2.22. The van der Waals surface area contributed by atoms with Gasteiger partial charge in [-0.2, -0.15) is 4.98 Å². The van der Waals surface area contributed by atoms with E-state index in [9.17, 15) is 14.7 Å². The molecule has 1 atom stereocenters. The van der Waals surface area contributed by atoms with Crippen LogP contribution in [0, 0.1) is 0 Å². The van der Waals surface area contributed by atoms with Gasteiger partial charge in [-0.1, -0.05) is 0 Å². The van der Waals surface area contributed by atoms with Crippen LogP contribution in [-0.2, 0) is 11.3 Å². The summed E-state index contributed by atoms with van der Waals surface area (Å²) in [6, 6.07) is 5.40. The number of hydrogen-bond acceptors (Lipinski definition) is 9. The summed E-state index contributed by atoms with van der Waals surface area (Å²) < 4.78 is 10.6. The van der Waals surface area contributed by atoms with Crippen LogP contribution in [0.4, 0.5) is 11.8 Å². The summed E-state index contributed by atoms with van der Waals surface area (Å²) in [6.45, 7) is 1.89. The number of carbonyl (C=O) groups is 2. The molecule has 1 aliphatic rings. The van der Waals surface area contributed by atoms with Gasteiger partial charge in [-0.25, -0.2) is 4.98 Å². The first-order chi connectivity index (χ1) is 17.0. The first-order valence-electron chi connectivity index (χ1n) is 11.8. The van der Waals surface area contributed by atoms with Crippen LogP contribution in [0.2, 0.25) is 0 Å². The fraction of sp³-hybridized carbons (Fsp3) is 0.500. The molecular weight excluding hydrogens is 452 g/mol. The molecule has 0 spiro atoms. The highest BCUT2D eigenvalue weighted by atomic mass is 16.5. The fourth-order valence-corrected chi connectivity index (χ4v) is 3.60. The molecule has 0 saturated carbocycles. The Balaban J connectivity index is 1.71. The molecule has 190 valence electrons. The molecule has 3 rings (SSSR count). The number of hydrogen-bond donors (Lipinski definition) is 5. The summed E-state index contributed by atoms with van der Waals surface area (Å²) in [5, 5.41) is 22.0. The smallest absolute Gasteiger partial charge is 0.256 e. The Hall–Kier alpha value is -3.60. The molecule has 1 aromatic carbocycles. The number of nitrogens with one attached hydrogen (secondary N) is 4. The SMILES string of the molecule is COc1cc(CNC(=O)c2cnc3nc2NCCCC(O)C(=O)NCCCCCN3)cc(OC)c1. The van der Waals surface area contributed by atoms with E-state index in [1.807, 2.05) is 12.1 Å². The van der Waals surface area contributed by atoms with Crippen LogP contribution >= 0.6 is 0 Å². The minimum atomic E-state index is -1.06. The van der Waals surface area contributed by atoms with E-state index in [0.29, 0.717) is 61.3 Å². The Morgan fingerprint density at radius 1 is 1.03 bits per heavy atom. The van der Waals surface area contributed by atoms with E-state index in [0.717, 1.165) is 24.8 Å². The Labute approximate surface area is 205 Å². The molecule has 0 saturated heterocycles. The summed E-state index contributed by atoms with van der Waals surface area (Å²) >= 11 is 0. The third-order valence-electron chi connectivity index (χ3n) is 5.58. The van der Waals surface area contributed by atoms with Crippen molar-refractivity contribution in [1.29, 1.82) is 0 Å². The van der Waals surface area contributed by atoms with Gasteiger partial charge in [-0.3, -0.25) is 9.59 Å². The molecule has 1 aromatic heterocycles. The van der Waals surface area contributed by atoms with Crippen LogP contribution in [0.25, 0.3) is 0 Å². The van der Waals surface area contributed by atoms with Gasteiger partial charge in [0, 0.05) is 38.4 Å². The number of aromatic nitrogens is 2. The molecule has 0 aliphatic carbocycles. The van der Waals surface area contributed by atoms with Gasteiger partial charge >= 0.3 is 0 Å². The standard InChI is InChI=1S/C24H34N6O5/c1-34-17-11-16(12-18(13-17)35-2)14-28-22(32)19-15-29-24-27-9-5-3-4-8-26-23(33)20(31)7-6-10-25-21(19)30-24/h11-13,15,20,31H,3-10,14H2,1-2H3,(H,26,33)(H,28,32)(H2,25,27,29,30). The summed E-state index contributed by atoms with van der Waals surface area (Å²) in [7, 11) is 3.14. The molecule has 5 N–H and O–H groups in total. The molecular formula is C24H34N6O5. The van der Waals surface area contributed by atoms with E-state index >= 15 is 0 Å². The van der Waals surface area contributed by atoms with Crippen LogP contribution in [0.1, 0.15) is 48.0 Å². The van der Waals surface area contributed by atoms with Gasteiger partial charge in [0.05, 0.1) is 14.2 Å². The molecule has 35 heavy (non-hydrogen) atoms. The number of aliphatic hydroxyl groups is 1. The summed E-state index contributed by atoms with van der Waals surface area (Å²) in [5.74, 6) is 1.38.